The van der Waals surface area contributed by atoms with Crippen molar-refractivity contribution in [2.45, 2.75) is 82.1 Å². The Bertz CT molecular complexity index is 861. The van der Waals surface area contributed by atoms with Gasteiger partial charge in [-0.05, 0) is 33.6 Å². The molecular weight excluding hydrogens is 404 g/mol. The molecule has 1 aliphatic heterocycles. The number of imidazole rings is 1. The zero-order valence-corrected chi connectivity index (χ0v) is 17.9. The van der Waals surface area contributed by atoms with Crippen LogP contribution < -0.4 is 0 Å². The number of fused-ring (bicyclic) bond motifs is 2. The number of halogens is 1. The third kappa shape index (κ3) is 3.76. The predicted octanol–water partition coefficient (Wildman–Crippen LogP) is 3.17. The highest BCUT2D eigenvalue weighted by Gasteiger charge is 2.55. The summed E-state index contributed by atoms with van der Waals surface area (Å²) in [7, 11) is 0. The number of hydrogen-bond acceptors (Lipinski definition) is 8. The fraction of sp³-hybridized carbons (Fsp3) is 0.722. The van der Waals surface area contributed by atoms with Gasteiger partial charge in [0.05, 0.1) is 18.5 Å². The minimum Gasteiger partial charge on any atom is -0.368 e. The van der Waals surface area contributed by atoms with E-state index < -0.39 is 12.1 Å². The number of rotatable bonds is 6. The Kier molecular flexibility index (Phi) is 5.58. The van der Waals surface area contributed by atoms with Gasteiger partial charge in [-0.1, -0.05) is 30.3 Å². The number of aliphatic hydroxyl groups excluding tert-OH is 1. The second-order valence-electron chi connectivity index (χ2n) is 7.61. The summed E-state index contributed by atoms with van der Waals surface area (Å²) in [5.41, 5.74) is 1.24. The molecule has 5 atom stereocenters. The van der Waals surface area contributed by atoms with Gasteiger partial charge in [-0.2, -0.15) is 0 Å². The minimum absolute atomic E-state index is 0.101. The van der Waals surface area contributed by atoms with Gasteiger partial charge in [-0.15, -0.1) is 0 Å². The topological polar surface area (TPSA) is 91.5 Å². The van der Waals surface area contributed by atoms with Crippen molar-refractivity contribution in [2.24, 2.45) is 0 Å². The summed E-state index contributed by atoms with van der Waals surface area (Å²) in [6, 6.07) is -0.101. The molecule has 8 nitrogen and oxygen atoms in total. The molecule has 2 aromatic heterocycles. The Morgan fingerprint density at radius 2 is 2.14 bits per heavy atom. The summed E-state index contributed by atoms with van der Waals surface area (Å²) in [4.78, 5) is 13.5. The summed E-state index contributed by atoms with van der Waals surface area (Å²) in [5.74, 6) is 0.193. The van der Waals surface area contributed by atoms with E-state index >= 15 is 0 Å². The van der Waals surface area contributed by atoms with E-state index in [1.807, 2.05) is 18.4 Å². The number of aromatic nitrogens is 4. The maximum absolute atomic E-state index is 9.73. The Morgan fingerprint density at radius 1 is 1.39 bits per heavy atom. The van der Waals surface area contributed by atoms with Gasteiger partial charge in [-0.25, -0.2) is 15.0 Å². The highest BCUT2D eigenvalue weighted by molar-refractivity contribution is 7.99. The van der Waals surface area contributed by atoms with Gasteiger partial charge < -0.3 is 23.9 Å². The van der Waals surface area contributed by atoms with Crippen LogP contribution in [0.1, 0.15) is 46.6 Å². The quantitative estimate of drug-likeness (QED) is 0.324. The van der Waals surface area contributed by atoms with Crippen molar-refractivity contribution < 1.29 is 19.3 Å². The van der Waals surface area contributed by atoms with Crippen LogP contribution in [-0.4, -0.2) is 60.8 Å². The van der Waals surface area contributed by atoms with Crippen molar-refractivity contribution in [1.82, 2.24) is 19.5 Å². The average molecular weight is 429 g/mol. The first-order valence-electron chi connectivity index (χ1n) is 9.51. The molecule has 1 saturated heterocycles. The summed E-state index contributed by atoms with van der Waals surface area (Å²) in [5, 5.41) is 10.7. The highest BCUT2D eigenvalue weighted by atomic mass is 35.5. The SMILES string of the molecule is CCCSc1nc(Cl)c2ncn([C@@H]3C[C@H](OC(C)O)[C@H]4OC(C)(C)O[C@H]43)c2n1. The zero-order chi connectivity index (χ0) is 20.1. The summed E-state index contributed by atoms with van der Waals surface area (Å²) in [6.45, 7) is 7.47. The Balaban J connectivity index is 1.71. The molecule has 154 valence electrons. The third-order valence-corrected chi connectivity index (χ3v) is 6.22. The van der Waals surface area contributed by atoms with E-state index in [9.17, 15) is 5.11 Å². The Hall–Kier alpha value is -0.970. The van der Waals surface area contributed by atoms with Crippen molar-refractivity contribution in [3.63, 3.8) is 0 Å². The lowest BCUT2D eigenvalue weighted by Gasteiger charge is -2.24. The molecule has 0 radical (unpaired) electrons. The zero-order valence-electron chi connectivity index (χ0n) is 16.3. The van der Waals surface area contributed by atoms with E-state index in [4.69, 9.17) is 30.8 Å². The molecule has 28 heavy (non-hydrogen) atoms. The fourth-order valence-corrected chi connectivity index (χ4v) is 4.89. The van der Waals surface area contributed by atoms with E-state index in [-0.39, 0.29) is 24.4 Å². The van der Waals surface area contributed by atoms with Gasteiger partial charge in [0.25, 0.3) is 0 Å². The molecule has 0 bridgehead atoms. The van der Waals surface area contributed by atoms with E-state index in [1.165, 1.54) is 0 Å². The van der Waals surface area contributed by atoms with E-state index in [1.54, 1.807) is 25.0 Å². The van der Waals surface area contributed by atoms with Crippen molar-refractivity contribution in [3.05, 3.63) is 11.5 Å². The van der Waals surface area contributed by atoms with Gasteiger partial charge in [0.1, 0.15) is 17.7 Å². The van der Waals surface area contributed by atoms with Crippen molar-refractivity contribution in [1.29, 1.82) is 0 Å². The highest BCUT2D eigenvalue weighted by Crippen LogP contribution is 2.46. The predicted molar refractivity (Wildman–Crippen MR) is 105 cm³/mol. The monoisotopic (exact) mass is 428 g/mol. The number of nitrogens with zero attached hydrogens (tertiary/aromatic N) is 4. The fourth-order valence-electron chi connectivity index (χ4n) is 3.93. The van der Waals surface area contributed by atoms with Crippen LogP contribution in [0.15, 0.2) is 11.5 Å². The van der Waals surface area contributed by atoms with Crippen molar-refractivity contribution in [3.8, 4) is 0 Å². The van der Waals surface area contributed by atoms with Crippen LogP contribution >= 0.6 is 23.4 Å². The molecular formula is C18H25ClN4O4S. The van der Waals surface area contributed by atoms with Gasteiger partial charge in [0.15, 0.2) is 28.0 Å². The van der Waals surface area contributed by atoms with E-state index in [0.717, 1.165) is 12.2 Å². The molecule has 3 heterocycles. The van der Waals surface area contributed by atoms with Crippen LogP contribution in [0.2, 0.25) is 5.15 Å². The number of hydrogen-bond donors (Lipinski definition) is 1. The van der Waals surface area contributed by atoms with Crippen LogP contribution in [0, 0.1) is 0 Å². The maximum atomic E-state index is 9.73. The first-order chi connectivity index (χ1) is 13.3. The van der Waals surface area contributed by atoms with Crippen LogP contribution in [0.3, 0.4) is 0 Å². The largest absolute Gasteiger partial charge is 0.368 e. The summed E-state index contributed by atoms with van der Waals surface area (Å²) in [6.07, 6.45) is 1.66. The molecule has 1 aliphatic carbocycles. The molecule has 0 aromatic carbocycles. The maximum Gasteiger partial charge on any atom is 0.191 e. The minimum atomic E-state index is -0.884. The van der Waals surface area contributed by atoms with Gasteiger partial charge >= 0.3 is 0 Å². The Labute approximate surface area is 172 Å². The molecule has 1 unspecified atom stereocenters. The lowest BCUT2D eigenvalue weighted by Crippen LogP contribution is -2.33. The Morgan fingerprint density at radius 3 is 2.86 bits per heavy atom. The molecule has 0 spiro atoms. The van der Waals surface area contributed by atoms with E-state index in [0.29, 0.717) is 27.9 Å². The third-order valence-electron chi connectivity index (χ3n) is 4.91. The smallest absolute Gasteiger partial charge is 0.191 e. The van der Waals surface area contributed by atoms with Crippen molar-refractivity contribution in [2.75, 3.05) is 5.75 Å². The molecule has 0 amide bonds. The molecule has 2 aromatic rings. The van der Waals surface area contributed by atoms with Crippen LogP contribution in [-0.2, 0) is 14.2 Å². The van der Waals surface area contributed by atoms with E-state index in [2.05, 4.69) is 16.9 Å². The van der Waals surface area contributed by atoms with Crippen LogP contribution in [0.5, 0.6) is 0 Å². The molecule has 2 aliphatic rings. The lowest BCUT2D eigenvalue weighted by molar-refractivity contribution is -0.192. The first-order valence-corrected chi connectivity index (χ1v) is 10.9. The molecule has 1 N–H and O–H groups in total. The standard InChI is InChI=1S/C18H25ClN4O4S/c1-5-6-28-17-21-15(19)12-16(22-17)23(8-20-12)10-7-11(25-9(2)24)14-13(10)26-18(3,4)27-14/h8-11,13-14,24H,5-7H2,1-4H3/t9?,10-,11+,13+,14-/m1/s1. The number of aliphatic hydroxyl groups is 1. The van der Waals surface area contributed by atoms with Gasteiger partial charge in [-0.3, -0.25) is 0 Å². The molecule has 4 rings (SSSR count). The number of thioether (sulfide) groups is 1. The first kappa shape index (κ1) is 20.3. The average Bonchev–Trinajstić information content (AvgIpc) is 3.25. The van der Waals surface area contributed by atoms with Gasteiger partial charge in [0, 0.05) is 5.75 Å². The second kappa shape index (κ2) is 7.70. The normalized spacial score (nSPS) is 30.1. The molecule has 10 heteroatoms. The summed E-state index contributed by atoms with van der Waals surface area (Å²) < 4.78 is 19.9. The van der Waals surface area contributed by atoms with Crippen LogP contribution in [0.25, 0.3) is 11.2 Å². The lowest BCUT2D eigenvalue weighted by atomic mass is 10.2. The number of ether oxygens (including phenoxy) is 3. The van der Waals surface area contributed by atoms with Crippen molar-refractivity contribution >= 4 is 34.5 Å². The second-order valence-corrected chi connectivity index (χ2v) is 9.03. The molecule has 1 saturated carbocycles. The molecule has 2 fully saturated rings. The van der Waals surface area contributed by atoms with Crippen LogP contribution in [0.4, 0.5) is 0 Å². The van der Waals surface area contributed by atoms with Gasteiger partial charge in [0.2, 0.25) is 0 Å². The summed E-state index contributed by atoms with van der Waals surface area (Å²) >= 11 is 7.93.